The maximum Gasteiger partial charge on any atom is 0.241 e. The van der Waals surface area contributed by atoms with E-state index in [9.17, 15) is 9.18 Å². The fraction of sp³-hybridized carbons (Fsp3) is 0.304. The van der Waals surface area contributed by atoms with Crippen molar-refractivity contribution in [3.63, 3.8) is 0 Å². The lowest BCUT2D eigenvalue weighted by Gasteiger charge is -2.18. The van der Waals surface area contributed by atoms with Crippen molar-refractivity contribution in [3.05, 3.63) is 66.2 Å². The normalized spacial score (nSPS) is 12.0. The van der Waals surface area contributed by atoms with Crippen molar-refractivity contribution in [1.29, 1.82) is 0 Å². The number of nitrogens with zero attached hydrogens (tertiary/aromatic N) is 2. The van der Waals surface area contributed by atoms with Crippen LogP contribution in [0.15, 0.2) is 54.9 Å². The molecule has 3 aromatic rings. The molecule has 0 saturated heterocycles. The predicted octanol–water partition coefficient (Wildman–Crippen LogP) is 3.05. The predicted molar refractivity (Wildman–Crippen MR) is 119 cm³/mol. The van der Waals surface area contributed by atoms with Crippen LogP contribution in [-0.4, -0.2) is 54.3 Å². The lowest BCUT2D eigenvalue weighted by molar-refractivity contribution is -0.117. The molecule has 0 aliphatic heterocycles. The van der Waals surface area contributed by atoms with Crippen molar-refractivity contribution in [3.8, 4) is 16.9 Å². The highest BCUT2D eigenvalue weighted by molar-refractivity contribution is 5.96. The number of anilines is 1. The lowest BCUT2D eigenvalue weighted by Crippen LogP contribution is -2.36. The third-order valence-corrected chi connectivity index (χ3v) is 4.86. The fourth-order valence-corrected chi connectivity index (χ4v) is 3.05. The molecule has 0 saturated carbocycles. The van der Waals surface area contributed by atoms with Crippen LogP contribution < -0.4 is 15.8 Å². The molecule has 8 heteroatoms. The van der Waals surface area contributed by atoms with E-state index in [1.165, 1.54) is 12.3 Å². The van der Waals surface area contributed by atoms with E-state index in [4.69, 9.17) is 10.5 Å². The van der Waals surface area contributed by atoms with E-state index in [0.717, 1.165) is 5.56 Å². The second-order valence-corrected chi connectivity index (χ2v) is 7.59. The summed E-state index contributed by atoms with van der Waals surface area (Å²) in [6.07, 6.45) is 4.27. The minimum Gasteiger partial charge on any atom is -0.490 e. The van der Waals surface area contributed by atoms with Gasteiger partial charge in [0.15, 0.2) is 0 Å². The number of benzene rings is 2. The standard InChI is InChI=1S/C23H28FN5O2/c1-29(2)10-11-31-22-12-18(17-14-26-27-15-17)19(24)13-21(22)28-23(30)20(25)9-8-16-6-4-3-5-7-16/h3-7,12-15,20H,8-11,25H2,1-2H3,(H,26,27)(H,28,30)/t20-/m1/s1. The van der Waals surface area contributed by atoms with Crippen LogP contribution >= 0.6 is 0 Å². The minimum absolute atomic E-state index is 0.253. The van der Waals surface area contributed by atoms with Gasteiger partial charge in [0.2, 0.25) is 5.91 Å². The van der Waals surface area contributed by atoms with Gasteiger partial charge in [-0.2, -0.15) is 5.10 Å². The molecule has 31 heavy (non-hydrogen) atoms. The van der Waals surface area contributed by atoms with Crippen LogP contribution in [0.1, 0.15) is 12.0 Å². The number of likely N-dealkylation sites (N-methyl/N-ethyl adjacent to an activating group) is 1. The zero-order chi connectivity index (χ0) is 22.2. The molecule has 164 valence electrons. The Hall–Kier alpha value is -3.23. The Labute approximate surface area is 181 Å². The summed E-state index contributed by atoms with van der Waals surface area (Å²) in [6, 6.07) is 11.9. The third kappa shape index (κ3) is 6.37. The molecule has 0 spiro atoms. The number of amides is 1. The average Bonchev–Trinajstić information content (AvgIpc) is 3.28. The molecule has 2 aromatic carbocycles. The molecule has 1 heterocycles. The molecule has 0 aliphatic carbocycles. The summed E-state index contributed by atoms with van der Waals surface area (Å²) in [5.41, 5.74) is 8.36. The van der Waals surface area contributed by atoms with Gasteiger partial charge < -0.3 is 20.7 Å². The summed E-state index contributed by atoms with van der Waals surface area (Å²) in [6.45, 7) is 1.05. The number of ether oxygens (including phenoxy) is 1. The number of hydrogen-bond acceptors (Lipinski definition) is 5. The fourth-order valence-electron chi connectivity index (χ4n) is 3.05. The number of aromatic amines is 1. The lowest BCUT2D eigenvalue weighted by atomic mass is 10.0. The number of rotatable bonds is 10. The summed E-state index contributed by atoms with van der Waals surface area (Å²) < 4.78 is 20.6. The molecule has 0 fully saturated rings. The van der Waals surface area contributed by atoms with Crippen molar-refractivity contribution in [1.82, 2.24) is 15.1 Å². The highest BCUT2D eigenvalue weighted by Crippen LogP contribution is 2.33. The van der Waals surface area contributed by atoms with E-state index in [2.05, 4.69) is 15.5 Å². The van der Waals surface area contributed by atoms with Crippen LogP contribution in [0.25, 0.3) is 11.1 Å². The van der Waals surface area contributed by atoms with E-state index in [0.29, 0.717) is 42.9 Å². The van der Waals surface area contributed by atoms with E-state index in [-0.39, 0.29) is 11.6 Å². The smallest absolute Gasteiger partial charge is 0.241 e. The molecular formula is C23H28FN5O2. The second-order valence-electron chi connectivity index (χ2n) is 7.59. The zero-order valence-corrected chi connectivity index (χ0v) is 17.8. The summed E-state index contributed by atoms with van der Waals surface area (Å²) in [4.78, 5) is 14.6. The van der Waals surface area contributed by atoms with Crippen LogP contribution in [0.3, 0.4) is 0 Å². The Morgan fingerprint density at radius 2 is 2.06 bits per heavy atom. The van der Waals surface area contributed by atoms with Gasteiger partial charge in [-0.05, 0) is 38.6 Å². The van der Waals surface area contributed by atoms with Gasteiger partial charge in [0.05, 0.1) is 17.9 Å². The molecule has 0 radical (unpaired) electrons. The number of H-pyrrole nitrogens is 1. The number of nitrogens with two attached hydrogens (primary N) is 1. The number of hydrogen-bond donors (Lipinski definition) is 3. The quantitative estimate of drug-likeness (QED) is 0.464. The first-order valence-corrected chi connectivity index (χ1v) is 10.1. The molecule has 1 atom stereocenters. The molecule has 1 aromatic heterocycles. The van der Waals surface area contributed by atoms with Crippen LogP contribution in [0, 0.1) is 5.82 Å². The van der Waals surface area contributed by atoms with Gasteiger partial charge in [-0.3, -0.25) is 9.89 Å². The Morgan fingerprint density at radius 3 is 2.74 bits per heavy atom. The molecular weight excluding hydrogens is 397 g/mol. The first-order valence-electron chi connectivity index (χ1n) is 10.1. The highest BCUT2D eigenvalue weighted by atomic mass is 19.1. The molecule has 0 bridgehead atoms. The Kier molecular flexibility index (Phi) is 7.75. The second kappa shape index (κ2) is 10.7. The van der Waals surface area contributed by atoms with Crippen LogP contribution in [-0.2, 0) is 11.2 Å². The van der Waals surface area contributed by atoms with Gasteiger partial charge in [0, 0.05) is 29.9 Å². The maximum absolute atomic E-state index is 14.8. The van der Waals surface area contributed by atoms with E-state index in [1.807, 2.05) is 49.3 Å². The van der Waals surface area contributed by atoms with Crippen LogP contribution in [0.5, 0.6) is 5.75 Å². The van der Waals surface area contributed by atoms with Crippen LogP contribution in [0.4, 0.5) is 10.1 Å². The van der Waals surface area contributed by atoms with Gasteiger partial charge >= 0.3 is 0 Å². The topological polar surface area (TPSA) is 96.3 Å². The molecule has 0 aliphatic rings. The van der Waals surface area contributed by atoms with Gasteiger partial charge in [-0.25, -0.2) is 4.39 Å². The van der Waals surface area contributed by atoms with Crippen molar-refractivity contribution in [2.45, 2.75) is 18.9 Å². The van der Waals surface area contributed by atoms with Gasteiger partial charge in [-0.1, -0.05) is 30.3 Å². The van der Waals surface area contributed by atoms with Crippen molar-refractivity contribution in [2.24, 2.45) is 5.73 Å². The third-order valence-electron chi connectivity index (χ3n) is 4.86. The van der Waals surface area contributed by atoms with Crippen molar-refractivity contribution in [2.75, 3.05) is 32.6 Å². The zero-order valence-electron chi connectivity index (χ0n) is 17.8. The van der Waals surface area contributed by atoms with Crippen molar-refractivity contribution >= 4 is 11.6 Å². The van der Waals surface area contributed by atoms with E-state index >= 15 is 0 Å². The van der Waals surface area contributed by atoms with E-state index in [1.54, 1.807) is 12.3 Å². The molecule has 7 nitrogen and oxygen atoms in total. The monoisotopic (exact) mass is 425 g/mol. The molecule has 1 amide bonds. The number of halogens is 1. The number of aromatic nitrogens is 2. The average molecular weight is 426 g/mol. The number of nitrogens with one attached hydrogen (secondary N) is 2. The highest BCUT2D eigenvalue weighted by Gasteiger charge is 2.19. The maximum atomic E-state index is 14.8. The first kappa shape index (κ1) is 22.5. The van der Waals surface area contributed by atoms with E-state index < -0.39 is 11.9 Å². The summed E-state index contributed by atoms with van der Waals surface area (Å²) in [7, 11) is 3.86. The number of carbonyl (C=O) groups is 1. The summed E-state index contributed by atoms with van der Waals surface area (Å²) in [5.74, 6) is -0.499. The molecule has 3 rings (SSSR count). The number of carbonyl (C=O) groups excluding carboxylic acids is 1. The van der Waals surface area contributed by atoms with Crippen LogP contribution in [0.2, 0.25) is 0 Å². The summed E-state index contributed by atoms with van der Waals surface area (Å²) in [5, 5.41) is 9.27. The van der Waals surface area contributed by atoms with Gasteiger partial charge in [0.25, 0.3) is 0 Å². The minimum atomic E-state index is -0.730. The van der Waals surface area contributed by atoms with Gasteiger partial charge in [-0.15, -0.1) is 0 Å². The van der Waals surface area contributed by atoms with Crippen molar-refractivity contribution < 1.29 is 13.9 Å². The Morgan fingerprint density at radius 1 is 1.29 bits per heavy atom. The van der Waals surface area contributed by atoms with Gasteiger partial charge in [0.1, 0.15) is 18.2 Å². The molecule has 4 N–H and O–H groups in total. The Bertz CT molecular complexity index is 977. The SMILES string of the molecule is CN(C)CCOc1cc(-c2cn[nH]c2)c(F)cc1NC(=O)[C@H](N)CCc1ccccc1. The summed E-state index contributed by atoms with van der Waals surface area (Å²) >= 11 is 0. The number of aryl methyl sites for hydroxylation is 1. The Balaban J connectivity index is 1.74. The first-order chi connectivity index (χ1) is 14.9. The largest absolute Gasteiger partial charge is 0.490 e. The molecule has 0 unspecified atom stereocenters.